The van der Waals surface area contributed by atoms with E-state index in [4.69, 9.17) is 21.1 Å². The van der Waals surface area contributed by atoms with Crippen molar-refractivity contribution in [1.29, 1.82) is 0 Å². The van der Waals surface area contributed by atoms with Crippen molar-refractivity contribution in [3.8, 4) is 0 Å². The van der Waals surface area contributed by atoms with E-state index in [1.165, 1.54) is 17.0 Å². The number of rotatable bonds is 4. The average Bonchev–Trinajstić information content (AvgIpc) is 2.98. The van der Waals surface area contributed by atoms with Crippen LogP contribution in [0.4, 0.5) is 19.3 Å². The van der Waals surface area contributed by atoms with Crippen LogP contribution in [0.25, 0.3) is 0 Å². The second kappa shape index (κ2) is 8.03. The van der Waals surface area contributed by atoms with E-state index in [0.29, 0.717) is 49.1 Å². The van der Waals surface area contributed by atoms with Gasteiger partial charge in [-0.2, -0.15) is 0 Å². The molecule has 2 fully saturated rings. The maximum atomic E-state index is 13.9. The fourth-order valence-electron chi connectivity index (χ4n) is 3.68. The first-order valence-electron chi connectivity index (χ1n) is 9.03. The number of cyclic esters (lactones) is 1. The number of hydrogen-bond donors (Lipinski definition) is 0. The number of carbonyl (C=O) groups excluding carboxylic acids is 1. The van der Waals surface area contributed by atoms with Crippen LogP contribution in [0.1, 0.15) is 11.6 Å². The maximum absolute atomic E-state index is 13.9. The quantitative estimate of drug-likeness (QED) is 0.766. The lowest BCUT2D eigenvalue weighted by Crippen LogP contribution is -2.43. The molecule has 0 bridgehead atoms. The normalized spacial score (nSPS) is 23.1. The van der Waals surface area contributed by atoms with Crippen LogP contribution in [-0.4, -0.2) is 49.9 Å². The van der Waals surface area contributed by atoms with Crippen molar-refractivity contribution in [2.75, 3.05) is 37.7 Å². The van der Waals surface area contributed by atoms with Crippen molar-refractivity contribution in [2.45, 2.75) is 12.1 Å². The molecular formula is C20H19ClF2N2O3. The van der Waals surface area contributed by atoms with Crippen LogP contribution in [0, 0.1) is 11.6 Å². The standard InChI is InChI=1S/C20H19ClF2N2O3/c21-14-1-3-17(4-2-14)25-19(13-9-15(22)11-16(23)10-13)18(28-20(25)26)12-24-5-7-27-8-6-24/h1-4,9-11,18-19H,5-8,12H2/t18-,19-/m0/s1. The van der Waals surface area contributed by atoms with Gasteiger partial charge in [-0.3, -0.25) is 9.80 Å². The Kier molecular flexibility index (Phi) is 5.48. The fourth-order valence-corrected chi connectivity index (χ4v) is 3.81. The zero-order valence-electron chi connectivity index (χ0n) is 15.0. The van der Waals surface area contributed by atoms with Crippen LogP contribution < -0.4 is 4.90 Å². The Labute approximate surface area is 166 Å². The lowest BCUT2D eigenvalue weighted by Gasteiger charge is -2.31. The van der Waals surface area contributed by atoms with Crippen LogP contribution in [0.5, 0.6) is 0 Å². The summed E-state index contributed by atoms with van der Waals surface area (Å²) in [5.74, 6) is -1.40. The molecule has 2 saturated heterocycles. The summed E-state index contributed by atoms with van der Waals surface area (Å²) in [5.41, 5.74) is 0.894. The minimum atomic E-state index is -0.699. The molecule has 0 aromatic heterocycles. The Bertz CT molecular complexity index is 839. The van der Waals surface area contributed by atoms with E-state index in [1.807, 2.05) is 0 Å². The SMILES string of the molecule is O=C1O[C@@H](CN2CCOCC2)[C@H](c2cc(F)cc(F)c2)N1c1ccc(Cl)cc1. The van der Waals surface area contributed by atoms with Crippen molar-refractivity contribution < 1.29 is 23.0 Å². The highest BCUT2D eigenvalue weighted by Crippen LogP contribution is 2.38. The summed E-state index contributed by atoms with van der Waals surface area (Å²) in [6.45, 7) is 3.06. The van der Waals surface area contributed by atoms with Gasteiger partial charge in [0.05, 0.1) is 13.2 Å². The van der Waals surface area contributed by atoms with Gasteiger partial charge in [0.2, 0.25) is 0 Å². The number of carbonyl (C=O) groups is 1. The molecule has 2 aliphatic rings. The molecule has 0 unspecified atom stereocenters. The molecule has 8 heteroatoms. The van der Waals surface area contributed by atoms with Gasteiger partial charge >= 0.3 is 6.09 Å². The lowest BCUT2D eigenvalue weighted by atomic mass is 9.99. The van der Waals surface area contributed by atoms with Gasteiger partial charge in [0, 0.05) is 36.4 Å². The Morgan fingerprint density at radius 2 is 1.68 bits per heavy atom. The third-order valence-corrected chi connectivity index (χ3v) is 5.20. The molecule has 4 rings (SSSR count). The number of anilines is 1. The van der Waals surface area contributed by atoms with Gasteiger partial charge < -0.3 is 9.47 Å². The Hall–Kier alpha value is -2.22. The van der Waals surface area contributed by atoms with Gasteiger partial charge in [0.25, 0.3) is 0 Å². The number of morpholine rings is 1. The molecule has 5 nitrogen and oxygen atoms in total. The highest BCUT2D eigenvalue weighted by atomic mass is 35.5. The predicted octanol–water partition coefficient (Wildman–Crippen LogP) is 4.02. The number of hydrogen-bond acceptors (Lipinski definition) is 4. The van der Waals surface area contributed by atoms with E-state index in [2.05, 4.69) is 4.90 Å². The molecule has 0 aliphatic carbocycles. The van der Waals surface area contributed by atoms with Gasteiger partial charge in [-0.1, -0.05) is 11.6 Å². The summed E-state index contributed by atoms with van der Waals surface area (Å²) >= 11 is 5.95. The van der Waals surface area contributed by atoms with E-state index < -0.39 is 29.9 Å². The van der Waals surface area contributed by atoms with Gasteiger partial charge in [0.1, 0.15) is 23.8 Å². The molecule has 28 heavy (non-hydrogen) atoms. The Balaban J connectivity index is 1.71. The van der Waals surface area contributed by atoms with Crippen LogP contribution in [-0.2, 0) is 9.47 Å². The summed E-state index contributed by atoms with van der Waals surface area (Å²) in [6, 6.07) is 9.31. The number of benzene rings is 2. The van der Waals surface area contributed by atoms with Gasteiger partial charge in [-0.05, 0) is 42.0 Å². The molecule has 2 aromatic carbocycles. The molecule has 0 N–H and O–H groups in total. The van der Waals surface area contributed by atoms with Gasteiger partial charge in [-0.25, -0.2) is 13.6 Å². The van der Waals surface area contributed by atoms with Crippen molar-refractivity contribution in [1.82, 2.24) is 4.90 Å². The number of halogens is 3. The van der Waals surface area contributed by atoms with E-state index in [9.17, 15) is 13.6 Å². The third-order valence-electron chi connectivity index (χ3n) is 4.95. The molecule has 1 amide bonds. The van der Waals surface area contributed by atoms with Crippen LogP contribution in [0.15, 0.2) is 42.5 Å². The third kappa shape index (κ3) is 3.97. The maximum Gasteiger partial charge on any atom is 0.415 e. The first kappa shape index (κ1) is 19.1. The van der Waals surface area contributed by atoms with Gasteiger partial charge in [-0.15, -0.1) is 0 Å². The topological polar surface area (TPSA) is 42.0 Å². The fraction of sp³-hybridized carbons (Fsp3) is 0.350. The van der Waals surface area contributed by atoms with Crippen molar-refractivity contribution in [2.24, 2.45) is 0 Å². The molecule has 2 heterocycles. The second-order valence-corrected chi connectivity index (χ2v) is 7.27. The molecule has 2 atom stereocenters. The highest BCUT2D eigenvalue weighted by molar-refractivity contribution is 6.30. The molecule has 2 aromatic rings. The average molecular weight is 409 g/mol. The van der Waals surface area contributed by atoms with Gasteiger partial charge in [0.15, 0.2) is 0 Å². The summed E-state index contributed by atoms with van der Waals surface area (Å²) < 4.78 is 38.8. The number of amides is 1. The number of nitrogens with zero attached hydrogens (tertiary/aromatic N) is 2. The summed E-state index contributed by atoms with van der Waals surface area (Å²) in [4.78, 5) is 16.3. The summed E-state index contributed by atoms with van der Waals surface area (Å²) in [5, 5.41) is 0.523. The first-order chi connectivity index (χ1) is 13.5. The minimum absolute atomic E-state index is 0.344. The Morgan fingerprint density at radius 3 is 2.32 bits per heavy atom. The smallest absolute Gasteiger partial charge is 0.415 e. The zero-order chi connectivity index (χ0) is 19.7. The molecule has 0 radical (unpaired) electrons. The second-order valence-electron chi connectivity index (χ2n) is 6.83. The Morgan fingerprint density at radius 1 is 1.04 bits per heavy atom. The zero-order valence-corrected chi connectivity index (χ0v) is 15.7. The van der Waals surface area contributed by atoms with Crippen LogP contribution in [0.3, 0.4) is 0 Å². The van der Waals surface area contributed by atoms with Crippen molar-refractivity contribution in [3.63, 3.8) is 0 Å². The summed E-state index contributed by atoms with van der Waals surface area (Å²) in [7, 11) is 0. The molecule has 148 valence electrons. The minimum Gasteiger partial charge on any atom is -0.442 e. The number of ether oxygens (including phenoxy) is 2. The lowest BCUT2D eigenvalue weighted by molar-refractivity contribution is 0.0147. The summed E-state index contributed by atoms with van der Waals surface area (Å²) in [6.07, 6.45) is -1.14. The van der Waals surface area contributed by atoms with Crippen LogP contribution in [0.2, 0.25) is 5.02 Å². The van der Waals surface area contributed by atoms with E-state index in [-0.39, 0.29) is 0 Å². The monoisotopic (exact) mass is 408 g/mol. The van der Waals surface area contributed by atoms with Crippen molar-refractivity contribution in [3.05, 3.63) is 64.7 Å². The molecule has 2 aliphatic heterocycles. The highest BCUT2D eigenvalue weighted by Gasteiger charge is 2.44. The van der Waals surface area contributed by atoms with Crippen molar-refractivity contribution >= 4 is 23.4 Å². The molecular weight excluding hydrogens is 390 g/mol. The largest absolute Gasteiger partial charge is 0.442 e. The van der Waals surface area contributed by atoms with E-state index >= 15 is 0 Å². The van der Waals surface area contributed by atoms with Crippen LogP contribution >= 0.6 is 11.6 Å². The van der Waals surface area contributed by atoms with E-state index in [1.54, 1.807) is 24.3 Å². The predicted molar refractivity (Wildman–Crippen MR) is 101 cm³/mol. The molecule has 0 spiro atoms. The first-order valence-corrected chi connectivity index (χ1v) is 9.40. The van der Waals surface area contributed by atoms with E-state index in [0.717, 1.165) is 6.07 Å². The molecule has 0 saturated carbocycles.